The lowest BCUT2D eigenvalue weighted by molar-refractivity contribution is -0.120. The molecule has 0 bridgehead atoms. The molecule has 0 aliphatic carbocycles. The van der Waals surface area contributed by atoms with Crippen molar-refractivity contribution >= 4 is 16.8 Å². The summed E-state index contributed by atoms with van der Waals surface area (Å²) in [4.78, 5) is 15.3. The number of carbonyl (C=O) groups is 1. The van der Waals surface area contributed by atoms with Gasteiger partial charge in [0.2, 0.25) is 11.7 Å². The molecular weight excluding hydrogens is 308 g/mol. The number of ether oxygens (including phenoxy) is 3. The summed E-state index contributed by atoms with van der Waals surface area (Å²) in [7, 11) is 4.73. The van der Waals surface area contributed by atoms with Crippen LogP contribution in [0, 0.1) is 0 Å². The highest BCUT2D eigenvalue weighted by atomic mass is 16.5. The zero-order chi connectivity index (χ0) is 17.5. The van der Waals surface area contributed by atoms with E-state index in [-0.39, 0.29) is 12.3 Å². The first-order valence-corrected chi connectivity index (χ1v) is 8.21. The topological polar surface area (TPSA) is 72.6 Å². The van der Waals surface area contributed by atoms with Crippen LogP contribution >= 0.6 is 0 Å². The molecule has 1 aromatic heterocycles. The van der Waals surface area contributed by atoms with Gasteiger partial charge in [0.15, 0.2) is 11.5 Å². The van der Waals surface area contributed by atoms with Gasteiger partial charge in [0.1, 0.15) is 0 Å². The summed E-state index contributed by atoms with van der Waals surface area (Å²) in [5.74, 6) is 1.68. The van der Waals surface area contributed by atoms with Crippen LogP contribution in [0.25, 0.3) is 10.9 Å². The van der Waals surface area contributed by atoms with Crippen LogP contribution < -0.4 is 19.5 Å². The number of rotatable bonds is 9. The molecule has 1 aromatic carbocycles. The molecule has 1 heterocycles. The van der Waals surface area contributed by atoms with Crippen LogP contribution in [0.15, 0.2) is 12.3 Å². The minimum atomic E-state index is 0.00356. The minimum absolute atomic E-state index is 0.00356. The lowest BCUT2D eigenvalue weighted by atomic mass is 10.1. The number of fused-ring (bicyclic) bond motifs is 1. The molecule has 0 fully saturated rings. The Morgan fingerprint density at radius 3 is 2.50 bits per heavy atom. The molecular formula is C18H26N2O4. The Morgan fingerprint density at radius 1 is 1.12 bits per heavy atom. The standard InChI is InChI=1S/C18H26N2O4/c1-5-6-7-8-19-15(21)9-12-11-20-13-10-14(22-2)17(23-3)18(24-4)16(12)13/h10-11,20H,5-9H2,1-4H3,(H,19,21). The lowest BCUT2D eigenvalue weighted by Crippen LogP contribution is -2.26. The van der Waals surface area contributed by atoms with Gasteiger partial charge in [-0.05, 0) is 12.0 Å². The Labute approximate surface area is 142 Å². The van der Waals surface area contributed by atoms with E-state index < -0.39 is 0 Å². The first-order chi connectivity index (χ1) is 11.7. The third kappa shape index (κ3) is 3.75. The Bertz CT molecular complexity index is 694. The van der Waals surface area contributed by atoms with E-state index in [0.29, 0.717) is 23.8 Å². The molecule has 0 aliphatic heterocycles. The van der Waals surface area contributed by atoms with Gasteiger partial charge in [-0.2, -0.15) is 0 Å². The Hall–Kier alpha value is -2.37. The zero-order valence-corrected chi connectivity index (χ0v) is 14.8. The normalized spacial score (nSPS) is 10.7. The summed E-state index contributed by atoms with van der Waals surface area (Å²) in [6.07, 6.45) is 5.38. The average Bonchev–Trinajstić information content (AvgIpc) is 2.99. The van der Waals surface area contributed by atoms with Crippen molar-refractivity contribution in [2.75, 3.05) is 27.9 Å². The van der Waals surface area contributed by atoms with Crippen LogP contribution in [-0.2, 0) is 11.2 Å². The Morgan fingerprint density at radius 2 is 1.88 bits per heavy atom. The first-order valence-electron chi connectivity index (χ1n) is 8.21. The highest BCUT2D eigenvalue weighted by Gasteiger charge is 2.20. The second-order valence-electron chi connectivity index (χ2n) is 5.62. The van der Waals surface area contributed by atoms with Gasteiger partial charge in [-0.1, -0.05) is 19.8 Å². The van der Waals surface area contributed by atoms with Gasteiger partial charge < -0.3 is 24.5 Å². The molecule has 0 radical (unpaired) electrons. The molecule has 6 heteroatoms. The summed E-state index contributed by atoms with van der Waals surface area (Å²) in [6, 6.07) is 1.85. The second-order valence-corrected chi connectivity index (χ2v) is 5.62. The monoisotopic (exact) mass is 334 g/mol. The maximum Gasteiger partial charge on any atom is 0.224 e. The molecule has 6 nitrogen and oxygen atoms in total. The van der Waals surface area contributed by atoms with Gasteiger partial charge >= 0.3 is 0 Å². The third-order valence-corrected chi connectivity index (χ3v) is 4.01. The van der Waals surface area contributed by atoms with Gasteiger partial charge in [0.05, 0.1) is 33.3 Å². The van der Waals surface area contributed by atoms with E-state index in [1.165, 1.54) is 0 Å². The Balaban J connectivity index is 2.27. The number of unbranched alkanes of at least 4 members (excludes halogenated alkanes) is 2. The van der Waals surface area contributed by atoms with E-state index in [9.17, 15) is 4.79 Å². The van der Waals surface area contributed by atoms with E-state index in [2.05, 4.69) is 17.2 Å². The fourth-order valence-electron chi connectivity index (χ4n) is 2.80. The van der Waals surface area contributed by atoms with Gasteiger partial charge in [-0.25, -0.2) is 0 Å². The largest absolute Gasteiger partial charge is 0.493 e. The van der Waals surface area contributed by atoms with E-state index >= 15 is 0 Å². The molecule has 0 spiro atoms. The molecule has 0 atom stereocenters. The van der Waals surface area contributed by atoms with Crippen LogP contribution in [0.2, 0.25) is 0 Å². The lowest BCUT2D eigenvalue weighted by Gasteiger charge is -2.14. The highest BCUT2D eigenvalue weighted by Crippen LogP contribution is 2.44. The quantitative estimate of drug-likeness (QED) is 0.691. The molecule has 0 saturated carbocycles. The highest BCUT2D eigenvalue weighted by molar-refractivity contribution is 5.96. The molecule has 2 rings (SSSR count). The zero-order valence-electron chi connectivity index (χ0n) is 14.8. The van der Waals surface area contributed by atoms with Crippen molar-refractivity contribution in [3.8, 4) is 17.2 Å². The number of hydrogen-bond donors (Lipinski definition) is 2. The fraction of sp³-hybridized carbons (Fsp3) is 0.500. The van der Waals surface area contributed by atoms with E-state index in [1.807, 2.05) is 12.3 Å². The summed E-state index contributed by atoms with van der Waals surface area (Å²) < 4.78 is 16.3. The van der Waals surface area contributed by atoms with Crippen molar-refractivity contribution in [2.24, 2.45) is 0 Å². The van der Waals surface area contributed by atoms with Crippen molar-refractivity contribution in [3.05, 3.63) is 17.8 Å². The van der Waals surface area contributed by atoms with E-state index in [1.54, 1.807) is 21.3 Å². The fourth-order valence-corrected chi connectivity index (χ4v) is 2.80. The molecule has 1 amide bonds. The van der Waals surface area contributed by atoms with Crippen molar-refractivity contribution in [1.29, 1.82) is 0 Å². The molecule has 0 saturated heterocycles. The van der Waals surface area contributed by atoms with Gasteiger partial charge in [0, 0.05) is 24.2 Å². The third-order valence-electron chi connectivity index (χ3n) is 4.01. The average molecular weight is 334 g/mol. The molecule has 2 aromatic rings. The van der Waals surface area contributed by atoms with E-state index in [4.69, 9.17) is 14.2 Å². The van der Waals surface area contributed by atoms with Gasteiger partial charge in [0.25, 0.3) is 0 Å². The second kappa shape index (κ2) is 8.47. The maximum atomic E-state index is 12.2. The minimum Gasteiger partial charge on any atom is -0.493 e. The van der Waals surface area contributed by atoms with Crippen LogP contribution in [-0.4, -0.2) is 38.8 Å². The van der Waals surface area contributed by atoms with Gasteiger partial charge in [-0.3, -0.25) is 4.79 Å². The van der Waals surface area contributed by atoms with Crippen molar-refractivity contribution in [1.82, 2.24) is 10.3 Å². The summed E-state index contributed by atoms with van der Waals surface area (Å²) in [5, 5.41) is 3.81. The van der Waals surface area contributed by atoms with Gasteiger partial charge in [-0.15, -0.1) is 0 Å². The molecule has 24 heavy (non-hydrogen) atoms. The van der Waals surface area contributed by atoms with Crippen molar-refractivity contribution in [3.63, 3.8) is 0 Å². The van der Waals surface area contributed by atoms with E-state index in [0.717, 1.165) is 35.7 Å². The van der Waals surface area contributed by atoms with Crippen molar-refractivity contribution in [2.45, 2.75) is 32.6 Å². The number of hydrogen-bond acceptors (Lipinski definition) is 4. The number of aromatic nitrogens is 1. The van der Waals surface area contributed by atoms with Crippen LogP contribution in [0.5, 0.6) is 17.2 Å². The summed E-state index contributed by atoms with van der Waals surface area (Å²) in [5.41, 5.74) is 1.72. The van der Waals surface area contributed by atoms with Crippen LogP contribution in [0.3, 0.4) is 0 Å². The number of methoxy groups -OCH3 is 3. The van der Waals surface area contributed by atoms with Crippen LogP contribution in [0.1, 0.15) is 31.7 Å². The summed E-state index contributed by atoms with van der Waals surface area (Å²) in [6.45, 7) is 2.85. The smallest absolute Gasteiger partial charge is 0.224 e. The maximum absolute atomic E-state index is 12.2. The number of H-pyrrole nitrogens is 1. The number of nitrogens with one attached hydrogen (secondary N) is 2. The Kier molecular flexibility index (Phi) is 6.35. The van der Waals surface area contributed by atoms with Crippen molar-refractivity contribution < 1.29 is 19.0 Å². The number of aromatic amines is 1. The molecule has 0 unspecified atom stereocenters. The number of amides is 1. The van der Waals surface area contributed by atoms with Crippen LogP contribution in [0.4, 0.5) is 0 Å². The molecule has 2 N–H and O–H groups in total. The summed E-state index contributed by atoms with van der Waals surface area (Å²) >= 11 is 0. The molecule has 0 aliphatic rings. The number of benzene rings is 1. The predicted molar refractivity (Wildman–Crippen MR) is 94.2 cm³/mol. The number of carbonyl (C=O) groups excluding carboxylic acids is 1. The SMILES string of the molecule is CCCCCNC(=O)Cc1c[nH]c2cc(OC)c(OC)c(OC)c12. The first kappa shape index (κ1) is 18.0. The molecule has 132 valence electrons. The predicted octanol–water partition coefficient (Wildman–Crippen LogP) is 3.04.